The molecule has 4 aliphatic rings. The lowest BCUT2D eigenvalue weighted by molar-refractivity contribution is -0.139. The average Bonchev–Trinajstić information content (AvgIpc) is 3.86. The highest BCUT2D eigenvalue weighted by Gasteiger charge is 2.39. The number of hydrogen-bond acceptors (Lipinski definition) is 11. The second-order valence-corrected chi connectivity index (χ2v) is 17.8. The zero-order chi connectivity index (χ0) is 43.1. The number of anilines is 1. The van der Waals surface area contributed by atoms with E-state index in [-0.39, 0.29) is 72.7 Å². The summed E-state index contributed by atoms with van der Waals surface area (Å²) in [5, 5.41) is 24.3. The summed E-state index contributed by atoms with van der Waals surface area (Å²) in [5.74, 6) is -0.953. The maximum atomic E-state index is 13.2. The molecule has 60 heavy (non-hydrogen) atoms. The van der Waals surface area contributed by atoms with E-state index in [1.165, 1.54) is 28.8 Å². The van der Waals surface area contributed by atoms with Crippen molar-refractivity contribution in [3.05, 3.63) is 42.5 Å². The minimum absolute atomic E-state index is 0.0348. The first-order valence-corrected chi connectivity index (χ1v) is 22.5. The Bertz CT molecular complexity index is 1720. The van der Waals surface area contributed by atoms with Gasteiger partial charge in [0.25, 0.3) is 11.8 Å². The fraction of sp³-hybridized carbons (Fsp3) is 0.628. The Kier molecular flexibility index (Phi) is 17.7. The lowest BCUT2D eigenvalue weighted by Gasteiger charge is -2.28. The lowest BCUT2D eigenvalue weighted by atomic mass is 9.81. The molecule has 1 aliphatic carbocycles. The van der Waals surface area contributed by atoms with Crippen LogP contribution in [0.2, 0.25) is 0 Å². The van der Waals surface area contributed by atoms with Crippen LogP contribution in [0.5, 0.6) is 0 Å². The van der Waals surface area contributed by atoms with Gasteiger partial charge >= 0.3 is 0 Å². The van der Waals surface area contributed by atoms with Gasteiger partial charge in [-0.05, 0) is 94.9 Å². The number of unbranched alkanes of at least 4 members (excludes halogenated alkanes) is 4. The molecule has 1 saturated carbocycles. The van der Waals surface area contributed by atoms with Crippen molar-refractivity contribution in [1.29, 1.82) is 0 Å². The van der Waals surface area contributed by atoms with Gasteiger partial charge in [0.05, 0.1) is 11.3 Å². The minimum atomic E-state index is -1.12. The van der Waals surface area contributed by atoms with Crippen molar-refractivity contribution in [1.82, 2.24) is 31.1 Å². The number of nitrogens with zero attached hydrogens (tertiary/aromatic N) is 2. The molecule has 0 bridgehead atoms. The van der Waals surface area contributed by atoms with Crippen LogP contribution >= 0.6 is 11.8 Å². The van der Waals surface area contributed by atoms with E-state index in [1.54, 1.807) is 19.1 Å². The predicted molar refractivity (Wildman–Crippen MR) is 226 cm³/mol. The van der Waals surface area contributed by atoms with Crippen molar-refractivity contribution in [2.75, 3.05) is 37.2 Å². The van der Waals surface area contributed by atoms with Gasteiger partial charge in [0, 0.05) is 62.8 Å². The van der Waals surface area contributed by atoms with E-state index >= 15 is 0 Å². The van der Waals surface area contributed by atoms with Gasteiger partial charge in [0.2, 0.25) is 35.4 Å². The maximum absolute atomic E-state index is 13.2. The normalized spacial score (nSPS) is 24.5. The average molecular weight is 852 g/mol. The first-order valence-electron chi connectivity index (χ1n) is 21.5. The number of benzene rings is 1. The van der Waals surface area contributed by atoms with Crippen LogP contribution in [0.1, 0.15) is 103 Å². The zero-order valence-electron chi connectivity index (χ0n) is 34.6. The minimum Gasteiger partial charge on any atom is -0.376 e. The SMILES string of the molecule is CC1(O)CC[C@H](C(=O)N[C@@H](CCCCCSC2CC(=O)N(CCCCCC(=O)NCC3CCC(C(=O)NCCN4C(=O)C=CC4=O)CC3)C2=O)C(=O)Nc2ccccc2)N1. The molecule has 1 aromatic rings. The van der Waals surface area contributed by atoms with Gasteiger partial charge < -0.3 is 26.4 Å². The Morgan fingerprint density at radius 3 is 2.27 bits per heavy atom. The number of rotatable bonds is 23. The van der Waals surface area contributed by atoms with Gasteiger partial charge in [-0.15, -0.1) is 11.8 Å². The number of amides is 8. The number of nitrogens with one attached hydrogen (secondary N) is 5. The van der Waals surface area contributed by atoms with Crippen molar-refractivity contribution in [3.8, 4) is 0 Å². The summed E-state index contributed by atoms with van der Waals surface area (Å²) in [6.07, 6.45) is 11.6. The Morgan fingerprint density at radius 1 is 0.850 bits per heavy atom. The van der Waals surface area contributed by atoms with Crippen LogP contribution in [-0.4, -0.2) is 117 Å². The third-order valence-electron chi connectivity index (χ3n) is 11.7. The van der Waals surface area contributed by atoms with Crippen molar-refractivity contribution in [2.45, 2.75) is 126 Å². The van der Waals surface area contributed by atoms with Crippen LogP contribution in [0.25, 0.3) is 0 Å². The molecule has 3 aliphatic heterocycles. The molecule has 0 spiro atoms. The van der Waals surface area contributed by atoms with E-state index in [2.05, 4.69) is 26.6 Å². The number of carbonyl (C=O) groups excluding carboxylic acids is 8. The van der Waals surface area contributed by atoms with Gasteiger partial charge in [-0.2, -0.15) is 0 Å². The van der Waals surface area contributed by atoms with E-state index in [1.807, 2.05) is 18.2 Å². The number of aliphatic hydroxyl groups is 1. The number of likely N-dealkylation sites (tertiary alicyclic amines) is 1. The Labute approximate surface area is 356 Å². The number of imide groups is 2. The smallest absolute Gasteiger partial charge is 0.253 e. The highest BCUT2D eigenvalue weighted by molar-refractivity contribution is 8.00. The van der Waals surface area contributed by atoms with Crippen molar-refractivity contribution >= 4 is 64.7 Å². The monoisotopic (exact) mass is 851 g/mol. The van der Waals surface area contributed by atoms with Crippen LogP contribution < -0.4 is 26.6 Å². The summed E-state index contributed by atoms with van der Waals surface area (Å²) in [4.78, 5) is 103. The van der Waals surface area contributed by atoms with E-state index < -0.39 is 23.1 Å². The van der Waals surface area contributed by atoms with Gasteiger partial charge in [-0.25, -0.2) is 0 Å². The molecule has 1 aromatic carbocycles. The Hall–Kier alpha value is -4.61. The summed E-state index contributed by atoms with van der Waals surface area (Å²) in [7, 11) is 0. The van der Waals surface area contributed by atoms with Gasteiger partial charge in [0.15, 0.2) is 0 Å². The summed E-state index contributed by atoms with van der Waals surface area (Å²) >= 11 is 1.48. The van der Waals surface area contributed by atoms with Crippen LogP contribution in [0.3, 0.4) is 0 Å². The summed E-state index contributed by atoms with van der Waals surface area (Å²) in [5.41, 5.74) is -0.491. The molecule has 0 radical (unpaired) electrons. The molecule has 2 unspecified atom stereocenters. The van der Waals surface area contributed by atoms with E-state index in [0.29, 0.717) is 94.7 Å². The summed E-state index contributed by atoms with van der Waals surface area (Å²) < 4.78 is 0. The molecule has 8 amide bonds. The lowest BCUT2D eigenvalue weighted by Crippen LogP contribution is -2.52. The molecule has 4 atom stereocenters. The van der Waals surface area contributed by atoms with Gasteiger partial charge in [0.1, 0.15) is 11.8 Å². The molecule has 5 rings (SSSR count). The zero-order valence-corrected chi connectivity index (χ0v) is 35.4. The fourth-order valence-electron chi connectivity index (χ4n) is 8.10. The van der Waals surface area contributed by atoms with Crippen LogP contribution in [0, 0.1) is 11.8 Å². The third-order valence-corrected chi connectivity index (χ3v) is 13.0. The largest absolute Gasteiger partial charge is 0.376 e. The first kappa shape index (κ1) is 46.5. The number of carbonyl (C=O) groups is 8. The van der Waals surface area contributed by atoms with E-state index in [9.17, 15) is 43.5 Å². The molecule has 0 aromatic heterocycles. The topological polar surface area (TPSA) is 223 Å². The Balaban J connectivity index is 0.895. The first-order chi connectivity index (χ1) is 28.8. The molecule has 17 heteroatoms. The number of thioether (sulfide) groups is 1. The maximum Gasteiger partial charge on any atom is 0.253 e. The number of para-hydroxylation sites is 1. The van der Waals surface area contributed by atoms with Gasteiger partial charge in [-0.3, -0.25) is 53.5 Å². The highest BCUT2D eigenvalue weighted by Crippen LogP contribution is 2.29. The summed E-state index contributed by atoms with van der Waals surface area (Å²) in [6, 6.07) is 7.70. The second kappa shape index (κ2) is 22.8. The molecule has 6 N–H and O–H groups in total. The van der Waals surface area contributed by atoms with Crippen molar-refractivity contribution in [3.63, 3.8) is 0 Å². The summed E-state index contributed by atoms with van der Waals surface area (Å²) in [6.45, 7) is 2.89. The molecule has 3 heterocycles. The van der Waals surface area contributed by atoms with Crippen LogP contribution in [0.4, 0.5) is 5.69 Å². The fourth-order valence-corrected chi connectivity index (χ4v) is 9.28. The van der Waals surface area contributed by atoms with Crippen molar-refractivity contribution in [2.24, 2.45) is 11.8 Å². The number of hydrogen-bond donors (Lipinski definition) is 6. The quantitative estimate of drug-likeness (QED) is 0.0694. The molecular weight excluding hydrogens is 791 g/mol. The molecule has 2 saturated heterocycles. The van der Waals surface area contributed by atoms with Gasteiger partial charge in [-0.1, -0.05) is 37.5 Å². The predicted octanol–water partition coefficient (Wildman–Crippen LogP) is 2.52. The molecular formula is C43H61N7O9S. The standard InChI is InChI=1S/C43H61N7O9S/c1-43(59)22-21-33(48-43)41(57)47-32(40(56)46-31-11-5-2-6-12-31)13-7-4-10-26-60-34-27-38(54)50(42(34)58)24-9-3-8-14-35(51)45-28-29-15-17-30(18-16-29)39(55)44-23-25-49-36(52)19-20-37(49)53/h2,5-6,11-12,19-20,29-30,32-34,48,59H,3-4,7-10,13-18,21-28H2,1H3,(H,44,55)(H,45,51)(H,46,56)(H,47,57)/t29?,30?,32-,33+,34?,43?/m0/s1. The van der Waals surface area contributed by atoms with Crippen molar-refractivity contribution < 1.29 is 43.5 Å². The van der Waals surface area contributed by atoms with Crippen LogP contribution in [0.15, 0.2) is 42.5 Å². The third kappa shape index (κ3) is 14.3. The Morgan fingerprint density at radius 2 is 1.57 bits per heavy atom. The van der Waals surface area contributed by atoms with Crippen LogP contribution in [-0.2, 0) is 38.4 Å². The second-order valence-electron chi connectivity index (χ2n) is 16.5. The highest BCUT2D eigenvalue weighted by atomic mass is 32.2. The van der Waals surface area contributed by atoms with E-state index in [4.69, 9.17) is 0 Å². The molecule has 3 fully saturated rings. The van der Waals surface area contributed by atoms with E-state index in [0.717, 1.165) is 30.6 Å². The molecule has 328 valence electrons. The molecule has 16 nitrogen and oxygen atoms in total.